The lowest BCUT2D eigenvalue weighted by Gasteiger charge is -2.37. The van der Waals surface area contributed by atoms with Gasteiger partial charge < -0.3 is 14.7 Å². The maximum Gasteiger partial charge on any atom is 0.410 e. The first-order chi connectivity index (χ1) is 18.9. The van der Waals surface area contributed by atoms with Crippen molar-refractivity contribution in [3.8, 4) is 11.1 Å². The second-order valence-electron chi connectivity index (χ2n) is 11.3. The minimum atomic E-state index is -3.28. The maximum atomic E-state index is 12.5. The Morgan fingerprint density at radius 2 is 1.85 bits per heavy atom. The fourth-order valence-corrected chi connectivity index (χ4v) is 5.69. The first kappa shape index (κ1) is 27.8. The zero-order valence-corrected chi connectivity index (χ0v) is 23.9. The summed E-state index contributed by atoms with van der Waals surface area (Å²) in [6.45, 7) is 6.23. The van der Waals surface area contributed by atoms with E-state index < -0.39 is 27.6 Å². The number of hydrogen-bond acceptors (Lipinski definition) is 7. The average molecular weight is 563 g/mol. The zero-order chi connectivity index (χ0) is 28.7. The number of β-amino-alcohol motifs (C(OH)–C–C–N with tert-alkyl or cyclic N) is 1. The van der Waals surface area contributed by atoms with E-state index in [-0.39, 0.29) is 17.4 Å². The maximum absolute atomic E-state index is 12.5. The van der Waals surface area contributed by atoms with Crippen molar-refractivity contribution in [2.45, 2.75) is 56.1 Å². The third kappa shape index (κ3) is 6.18. The highest BCUT2D eigenvalue weighted by Gasteiger charge is 2.33. The number of pyridine rings is 1. The molecular weight excluding hydrogens is 528 g/mol. The van der Waals surface area contributed by atoms with Crippen LogP contribution in [-0.4, -0.2) is 70.2 Å². The van der Waals surface area contributed by atoms with Crippen LogP contribution in [0.2, 0.25) is 0 Å². The monoisotopic (exact) mass is 562 g/mol. The number of aliphatic hydroxyl groups excluding tert-OH is 1. The molecule has 40 heavy (non-hydrogen) atoms. The van der Waals surface area contributed by atoms with Crippen molar-refractivity contribution < 1.29 is 23.1 Å². The third-order valence-corrected chi connectivity index (χ3v) is 8.10. The van der Waals surface area contributed by atoms with Crippen molar-refractivity contribution in [1.29, 1.82) is 0 Å². The molecule has 10 heteroatoms. The Kier molecular flexibility index (Phi) is 7.41. The van der Waals surface area contributed by atoms with Gasteiger partial charge in [-0.3, -0.25) is 0 Å². The quantitative estimate of drug-likeness (QED) is 0.382. The standard InChI is InChI=1S/C30H34N4O5S/c1-30(2,3)39-29(36)33-16-14-24(26(35)19-33)22-8-5-7-20(17-22)18-27-31-28-25(9-6-15-34(28)32-27)21-10-12-23(13-11-21)40(4,37)38/h5-13,15,17,24,26,35H,14,16,18-19H2,1-4H3/t24-,26-/m0/s1. The van der Waals surface area contributed by atoms with Gasteiger partial charge in [0.2, 0.25) is 0 Å². The number of carbonyl (C=O) groups is 1. The van der Waals surface area contributed by atoms with Crippen LogP contribution in [0, 0.1) is 0 Å². The van der Waals surface area contributed by atoms with Gasteiger partial charge >= 0.3 is 6.09 Å². The highest BCUT2D eigenvalue weighted by molar-refractivity contribution is 7.90. The number of ether oxygens (including phenoxy) is 1. The highest BCUT2D eigenvalue weighted by atomic mass is 32.2. The van der Waals surface area contributed by atoms with Crippen LogP contribution < -0.4 is 0 Å². The van der Waals surface area contributed by atoms with Gasteiger partial charge in [-0.1, -0.05) is 36.4 Å². The van der Waals surface area contributed by atoms with Gasteiger partial charge in [0, 0.05) is 36.9 Å². The molecule has 1 amide bonds. The molecule has 1 saturated heterocycles. The lowest BCUT2D eigenvalue weighted by Crippen LogP contribution is -2.47. The van der Waals surface area contributed by atoms with E-state index >= 15 is 0 Å². The molecule has 0 saturated carbocycles. The fraction of sp³-hybridized carbons (Fsp3) is 0.367. The van der Waals surface area contributed by atoms with Crippen LogP contribution in [0.4, 0.5) is 4.79 Å². The first-order valence-electron chi connectivity index (χ1n) is 13.3. The molecule has 210 valence electrons. The van der Waals surface area contributed by atoms with Gasteiger partial charge in [-0.05, 0) is 68.1 Å². The highest BCUT2D eigenvalue weighted by Crippen LogP contribution is 2.30. The number of nitrogens with zero attached hydrogens (tertiary/aromatic N) is 4. The van der Waals surface area contributed by atoms with Gasteiger partial charge in [0.1, 0.15) is 5.60 Å². The van der Waals surface area contributed by atoms with E-state index in [9.17, 15) is 18.3 Å². The minimum absolute atomic E-state index is 0.0887. The summed E-state index contributed by atoms with van der Waals surface area (Å²) in [5, 5.41) is 15.6. The molecule has 2 atom stereocenters. The SMILES string of the molecule is CC(C)(C)OC(=O)N1CC[C@@H](c2cccc(Cc3nc4c(-c5ccc(S(C)(=O)=O)cc5)cccn4n3)c2)[C@@H](O)C1. The first-order valence-corrected chi connectivity index (χ1v) is 15.2. The molecule has 0 radical (unpaired) electrons. The molecule has 1 aliphatic rings. The summed E-state index contributed by atoms with van der Waals surface area (Å²) in [6.07, 6.45) is 3.08. The topological polar surface area (TPSA) is 114 Å². The van der Waals surface area contributed by atoms with E-state index in [1.165, 1.54) is 6.26 Å². The Balaban J connectivity index is 1.32. The van der Waals surface area contributed by atoms with E-state index in [0.717, 1.165) is 22.3 Å². The number of hydrogen-bond donors (Lipinski definition) is 1. The van der Waals surface area contributed by atoms with Crippen LogP contribution in [0.25, 0.3) is 16.8 Å². The molecule has 0 spiro atoms. The molecule has 1 aliphatic heterocycles. The molecule has 2 aromatic heterocycles. The molecule has 0 bridgehead atoms. The number of carbonyl (C=O) groups excluding carboxylic acids is 1. The largest absolute Gasteiger partial charge is 0.444 e. The minimum Gasteiger partial charge on any atom is -0.444 e. The Morgan fingerprint density at radius 3 is 2.52 bits per heavy atom. The van der Waals surface area contributed by atoms with Gasteiger partial charge in [-0.2, -0.15) is 5.10 Å². The summed E-state index contributed by atoms with van der Waals surface area (Å²) in [6, 6.07) is 18.7. The van der Waals surface area contributed by atoms with Crippen LogP contribution >= 0.6 is 0 Å². The molecule has 9 nitrogen and oxygen atoms in total. The number of sulfone groups is 1. The van der Waals surface area contributed by atoms with E-state index in [2.05, 4.69) is 11.2 Å². The van der Waals surface area contributed by atoms with Crippen molar-refractivity contribution in [3.63, 3.8) is 0 Å². The number of fused-ring (bicyclic) bond motifs is 1. The van der Waals surface area contributed by atoms with E-state index in [0.29, 0.717) is 30.9 Å². The molecule has 5 rings (SSSR count). The number of aliphatic hydroxyl groups is 1. The Labute approximate surface area is 234 Å². The number of piperidine rings is 1. The molecule has 1 fully saturated rings. The molecule has 0 unspecified atom stereocenters. The fourth-order valence-electron chi connectivity index (χ4n) is 5.06. The summed E-state index contributed by atoms with van der Waals surface area (Å²) >= 11 is 0. The predicted molar refractivity (Wildman–Crippen MR) is 152 cm³/mol. The molecular formula is C30H34N4O5S. The smallest absolute Gasteiger partial charge is 0.410 e. The molecule has 1 N–H and O–H groups in total. The lowest BCUT2D eigenvalue weighted by molar-refractivity contribution is -0.00152. The van der Waals surface area contributed by atoms with E-state index in [4.69, 9.17) is 9.72 Å². The van der Waals surface area contributed by atoms with E-state index in [1.807, 2.05) is 57.3 Å². The number of amides is 1. The van der Waals surface area contributed by atoms with Crippen LogP contribution in [0.1, 0.15) is 50.1 Å². The van der Waals surface area contributed by atoms with Crippen molar-refractivity contribution >= 4 is 21.6 Å². The Bertz CT molecular complexity index is 1640. The van der Waals surface area contributed by atoms with Gasteiger partial charge in [0.25, 0.3) is 0 Å². The lowest BCUT2D eigenvalue weighted by atomic mass is 9.86. The van der Waals surface area contributed by atoms with Gasteiger partial charge in [-0.25, -0.2) is 22.7 Å². The number of benzene rings is 2. The summed E-state index contributed by atoms with van der Waals surface area (Å²) in [5.74, 6) is 0.562. The van der Waals surface area contributed by atoms with Crippen LogP contribution in [-0.2, 0) is 21.0 Å². The summed E-state index contributed by atoms with van der Waals surface area (Å²) in [4.78, 5) is 19.1. The third-order valence-electron chi connectivity index (χ3n) is 6.97. The molecule has 4 aromatic rings. The van der Waals surface area contributed by atoms with Crippen molar-refractivity contribution in [3.05, 3.63) is 83.8 Å². The number of likely N-dealkylation sites (tertiary alicyclic amines) is 1. The number of aromatic nitrogens is 3. The normalized spacial score (nSPS) is 18.2. The number of rotatable bonds is 5. The molecule has 0 aliphatic carbocycles. The van der Waals surface area contributed by atoms with Crippen molar-refractivity contribution in [2.24, 2.45) is 0 Å². The van der Waals surface area contributed by atoms with Gasteiger partial charge in [0.05, 0.1) is 17.5 Å². The van der Waals surface area contributed by atoms with Gasteiger partial charge in [0.15, 0.2) is 21.3 Å². The molecule has 2 aromatic carbocycles. The summed E-state index contributed by atoms with van der Waals surface area (Å²) < 4.78 is 30.9. The second kappa shape index (κ2) is 10.7. The van der Waals surface area contributed by atoms with Crippen LogP contribution in [0.5, 0.6) is 0 Å². The van der Waals surface area contributed by atoms with Crippen LogP contribution in [0.15, 0.2) is 71.8 Å². The molecule has 3 heterocycles. The average Bonchev–Trinajstić information content (AvgIpc) is 3.30. The Hall–Kier alpha value is -3.76. The van der Waals surface area contributed by atoms with Crippen LogP contribution in [0.3, 0.4) is 0 Å². The zero-order valence-electron chi connectivity index (χ0n) is 23.1. The van der Waals surface area contributed by atoms with Crippen molar-refractivity contribution in [1.82, 2.24) is 19.5 Å². The summed E-state index contributed by atoms with van der Waals surface area (Å²) in [5.41, 5.74) is 3.85. The predicted octanol–water partition coefficient (Wildman–Crippen LogP) is 4.48. The van der Waals surface area contributed by atoms with Gasteiger partial charge in [-0.15, -0.1) is 0 Å². The second-order valence-corrected chi connectivity index (χ2v) is 13.3. The summed E-state index contributed by atoms with van der Waals surface area (Å²) in [7, 11) is -3.28. The van der Waals surface area contributed by atoms with Crippen molar-refractivity contribution in [2.75, 3.05) is 19.3 Å². The van der Waals surface area contributed by atoms with E-state index in [1.54, 1.807) is 33.7 Å². The Morgan fingerprint density at radius 1 is 1.10 bits per heavy atom.